The normalized spacial score (nSPS) is 17.3. The number of methoxy groups -OCH3 is 1. The van der Waals surface area contributed by atoms with Crippen LogP contribution in [-0.4, -0.2) is 72.1 Å². The summed E-state index contributed by atoms with van der Waals surface area (Å²) in [6, 6.07) is 5.42. The maximum atomic E-state index is 12.7. The van der Waals surface area contributed by atoms with Gasteiger partial charge in [0.05, 0.1) is 12.7 Å². The quantitative estimate of drug-likeness (QED) is 0.808. The molecule has 1 amide bonds. The van der Waals surface area contributed by atoms with Crippen LogP contribution in [0.25, 0.3) is 0 Å². The number of hydrogen-bond donors (Lipinski definition) is 0. The monoisotopic (exact) mass is 368 g/mol. The first-order valence-corrected chi connectivity index (χ1v) is 9.37. The topological polar surface area (TPSA) is 74.7 Å². The van der Waals surface area contributed by atoms with E-state index < -0.39 is 0 Å². The van der Waals surface area contributed by atoms with E-state index in [1.165, 1.54) is 12.8 Å². The van der Waals surface area contributed by atoms with Gasteiger partial charge < -0.3 is 19.4 Å². The van der Waals surface area contributed by atoms with Gasteiger partial charge in [0.2, 0.25) is 11.8 Å². The number of rotatable bonds is 4. The van der Waals surface area contributed by atoms with Crippen molar-refractivity contribution in [3.05, 3.63) is 36.2 Å². The van der Waals surface area contributed by atoms with Crippen LogP contribution in [-0.2, 0) is 0 Å². The third-order valence-electron chi connectivity index (χ3n) is 5.10. The summed E-state index contributed by atoms with van der Waals surface area (Å²) in [6.07, 6.45) is 5.81. The van der Waals surface area contributed by atoms with Gasteiger partial charge in [0, 0.05) is 57.7 Å². The highest BCUT2D eigenvalue weighted by molar-refractivity contribution is 5.94. The molecule has 8 nitrogen and oxygen atoms in total. The van der Waals surface area contributed by atoms with Gasteiger partial charge >= 0.3 is 0 Å². The number of amides is 1. The Balaban J connectivity index is 1.38. The number of aromatic nitrogens is 3. The van der Waals surface area contributed by atoms with E-state index in [0.717, 1.165) is 37.9 Å². The average molecular weight is 368 g/mol. The summed E-state index contributed by atoms with van der Waals surface area (Å²) in [4.78, 5) is 32.3. The molecule has 4 rings (SSSR count). The molecular weight excluding hydrogens is 344 g/mol. The van der Waals surface area contributed by atoms with E-state index in [4.69, 9.17) is 9.72 Å². The van der Waals surface area contributed by atoms with Crippen LogP contribution in [0.1, 0.15) is 23.2 Å². The minimum atomic E-state index is 0.00486. The third-order valence-corrected chi connectivity index (χ3v) is 5.10. The van der Waals surface area contributed by atoms with Crippen molar-refractivity contribution in [3.63, 3.8) is 0 Å². The van der Waals surface area contributed by atoms with Crippen molar-refractivity contribution in [3.8, 4) is 5.88 Å². The zero-order valence-electron chi connectivity index (χ0n) is 15.5. The standard InChI is InChI=1S/C19H24N6O2/c1-27-17-5-4-15(14-21-17)18(26)24-12-10-23(11-13-24)16-6-7-20-19(22-16)25-8-2-3-9-25/h4-7,14H,2-3,8-13H2,1H3. The van der Waals surface area contributed by atoms with Gasteiger partial charge in [0.1, 0.15) is 5.82 Å². The van der Waals surface area contributed by atoms with Crippen molar-refractivity contribution >= 4 is 17.7 Å². The number of hydrogen-bond acceptors (Lipinski definition) is 7. The van der Waals surface area contributed by atoms with Crippen molar-refractivity contribution in [2.75, 3.05) is 56.2 Å². The van der Waals surface area contributed by atoms with E-state index >= 15 is 0 Å². The van der Waals surface area contributed by atoms with Gasteiger partial charge in [-0.3, -0.25) is 4.79 Å². The van der Waals surface area contributed by atoms with E-state index in [0.29, 0.717) is 24.5 Å². The lowest BCUT2D eigenvalue weighted by atomic mass is 10.2. The third kappa shape index (κ3) is 3.79. The highest BCUT2D eigenvalue weighted by Crippen LogP contribution is 2.20. The van der Waals surface area contributed by atoms with Crippen molar-refractivity contribution < 1.29 is 9.53 Å². The molecule has 0 bridgehead atoms. The van der Waals surface area contributed by atoms with Gasteiger partial charge in [-0.05, 0) is 25.0 Å². The summed E-state index contributed by atoms with van der Waals surface area (Å²) >= 11 is 0. The molecule has 0 unspecified atom stereocenters. The fraction of sp³-hybridized carbons (Fsp3) is 0.474. The Kier molecular flexibility index (Phi) is 5.04. The minimum absolute atomic E-state index is 0.00486. The molecule has 8 heteroatoms. The molecule has 0 aliphatic carbocycles. The molecule has 0 spiro atoms. The SMILES string of the molecule is COc1ccc(C(=O)N2CCN(c3ccnc(N4CCCC4)n3)CC2)cn1. The number of piperazine rings is 1. The van der Waals surface area contributed by atoms with Gasteiger partial charge in [0.25, 0.3) is 5.91 Å². The molecule has 0 radical (unpaired) electrons. The average Bonchev–Trinajstić information content (AvgIpc) is 3.29. The smallest absolute Gasteiger partial charge is 0.255 e. The van der Waals surface area contributed by atoms with Gasteiger partial charge in [-0.2, -0.15) is 4.98 Å². The minimum Gasteiger partial charge on any atom is -0.481 e. The molecule has 2 aliphatic rings. The summed E-state index contributed by atoms with van der Waals surface area (Å²) in [5.41, 5.74) is 0.586. The lowest BCUT2D eigenvalue weighted by Gasteiger charge is -2.35. The molecule has 2 aromatic heterocycles. The number of pyridine rings is 1. The van der Waals surface area contributed by atoms with Crippen LogP contribution in [0.15, 0.2) is 30.6 Å². The van der Waals surface area contributed by atoms with Gasteiger partial charge in [-0.1, -0.05) is 0 Å². The molecule has 4 heterocycles. The van der Waals surface area contributed by atoms with Crippen molar-refractivity contribution in [2.24, 2.45) is 0 Å². The Bertz CT molecular complexity index is 783. The molecule has 2 aliphatic heterocycles. The summed E-state index contributed by atoms with van der Waals surface area (Å²) in [7, 11) is 1.56. The van der Waals surface area contributed by atoms with E-state index in [2.05, 4.69) is 19.8 Å². The molecule has 0 atom stereocenters. The summed E-state index contributed by atoms with van der Waals surface area (Å²) < 4.78 is 5.05. The lowest BCUT2D eigenvalue weighted by molar-refractivity contribution is 0.0746. The Hall–Kier alpha value is -2.90. The van der Waals surface area contributed by atoms with Crippen LogP contribution in [0, 0.1) is 0 Å². The number of carbonyl (C=O) groups excluding carboxylic acids is 1. The number of ether oxygens (including phenoxy) is 1. The molecule has 0 saturated carbocycles. The van der Waals surface area contributed by atoms with Gasteiger partial charge in [-0.15, -0.1) is 0 Å². The molecule has 0 N–H and O–H groups in total. The molecule has 2 aromatic rings. The van der Waals surface area contributed by atoms with Crippen LogP contribution < -0.4 is 14.5 Å². The Labute approximate surface area is 158 Å². The predicted molar refractivity (Wildman–Crippen MR) is 102 cm³/mol. The van der Waals surface area contributed by atoms with Crippen LogP contribution in [0.3, 0.4) is 0 Å². The molecule has 27 heavy (non-hydrogen) atoms. The van der Waals surface area contributed by atoms with Crippen molar-refractivity contribution in [1.82, 2.24) is 19.9 Å². The van der Waals surface area contributed by atoms with Crippen LogP contribution in [0.4, 0.5) is 11.8 Å². The van der Waals surface area contributed by atoms with Crippen LogP contribution in [0.2, 0.25) is 0 Å². The number of anilines is 2. The number of carbonyl (C=O) groups is 1. The largest absolute Gasteiger partial charge is 0.481 e. The fourth-order valence-electron chi connectivity index (χ4n) is 3.53. The van der Waals surface area contributed by atoms with E-state index in [1.54, 1.807) is 25.4 Å². The van der Waals surface area contributed by atoms with Crippen LogP contribution in [0.5, 0.6) is 5.88 Å². The first-order chi connectivity index (χ1) is 13.2. The first kappa shape index (κ1) is 17.5. The van der Waals surface area contributed by atoms with E-state index in [-0.39, 0.29) is 5.91 Å². The second kappa shape index (κ2) is 7.77. The second-order valence-electron chi connectivity index (χ2n) is 6.78. The molecule has 2 fully saturated rings. The lowest BCUT2D eigenvalue weighted by Crippen LogP contribution is -2.49. The Morgan fingerprint density at radius 3 is 2.41 bits per heavy atom. The molecule has 0 aromatic carbocycles. The maximum Gasteiger partial charge on any atom is 0.255 e. The van der Waals surface area contributed by atoms with Crippen molar-refractivity contribution in [2.45, 2.75) is 12.8 Å². The maximum absolute atomic E-state index is 12.7. The predicted octanol–water partition coefficient (Wildman–Crippen LogP) is 1.44. The summed E-state index contributed by atoms with van der Waals surface area (Å²) in [5, 5.41) is 0. The Morgan fingerprint density at radius 2 is 1.74 bits per heavy atom. The first-order valence-electron chi connectivity index (χ1n) is 9.37. The number of nitrogens with zero attached hydrogens (tertiary/aromatic N) is 6. The highest BCUT2D eigenvalue weighted by Gasteiger charge is 2.24. The van der Waals surface area contributed by atoms with E-state index in [1.807, 2.05) is 17.2 Å². The summed E-state index contributed by atoms with van der Waals surface area (Å²) in [6.45, 7) is 4.89. The van der Waals surface area contributed by atoms with Crippen LogP contribution >= 0.6 is 0 Å². The zero-order chi connectivity index (χ0) is 18.6. The molecule has 2 saturated heterocycles. The fourth-order valence-corrected chi connectivity index (χ4v) is 3.53. The Morgan fingerprint density at radius 1 is 0.963 bits per heavy atom. The molecular formula is C19H24N6O2. The second-order valence-corrected chi connectivity index (χ2v) is 6.78. The zero-order valence-corrected chi connectivity index (χ0v) is 15.5. The summed E-state index contributed by atoms with van der Waals surface area (Å²) in [5.74, 6) is 2.26. The van der Waals surface area contributed by atoms with E-state index in [9.17, 15) is 4.79 Å². The van der Waals surface area contributed by atoms with Gasteiger partial charge in [-0.25, -0.2) is 9.97 Å². The molecule has 142 valence electrons. The van der Waals surface area contributed by atoms with Gasteiger partial charge in [0.15, 0.2) is 0 Å². The van der Waals surface area contributed by atoms with Crippen molar-refractivity contribution in [1.29, 1.82) is 0 Å². The highest BCUT2D eigenvalue weighted by atomic mass is 16.5.